The second kappa shape index (κ2) is 7.35. The van der Waals surface area contributed by atoms with Crippen molar-refractivity contribution in [3.05, 3.63) is 0 Å². The molecule has 6 saturated carbocycles. The van der Waals surface area contributed by atoms with Crippen molar-refractivity contribution in [2.45, 2.75) is 102 Å². The third-order valence-electron chi connectivity index (χ3n) is 11.2. The van der Waals surface area contributed by atoms with Gasteiger partial charge in [-0.05, 0) is 112 Å². The first-order valence-electron chi connectivity index (χ1n) is 13.3. The van der Waals surface area contributed by atoms with Crippen LogP contribution >= 0.6 is 0 Å². The Kier molecular flexibility index (Phi) is 4.90. The first-order chi connectivity index (χ1) is 14.1. The van der Waals surface area contributed by atoms with Crippen molar-refractivity contribution in [2.75, 3.05) is 6.61 Å². The highest BCUT2D eigenvalue weighted by atomic mass is 16.5. The molecule has 8 bridgehead atoms. The van der Waals surface area contributed by atoms with E-state index in [-0.39, 0.29) is 5.60 Å². The topological polar surface area (TPSA) is 26.3 Å². The summed E-state index contributed by atoms with van der Waals surface area (Å²) in [5.41, 5.74) is -0.0319. The van der Waals surface area contributed by atoms with E-state index in [1.165, 1.54) is 83.5 Å². The SMILES string of the molecule is C[C@@]1(OCC(=O)C2CC[C@H]3CCC[C@@H]2C3)CC[C@@H]2C[C@H]1[C@H]1C[C@@H]2[C@H]2CCC[C@@H]1C2. The first-order valence-corrected chi connectivity index (χ1v) is 13.3. The van der Waals surface area contributed by atoms with Gasteiger partial charge in [-0.3, -0.25) is 4.79 Å². The molecule has 0 saturated heterocycles. The van der Waals surface area contributed by atoms with E-state index in [9.17, 15) is 4.79 Å². The Morgan fingerprint density at radius 1 is 0.793 bits per heavy atom. The lowest BCUT2D eigenvalue weighted by Gasteiger charge is -2.61. The Bertz CT molecular complexity index is 642. The maximum Gasteiger partial charge on any atom is 0.161 e. The van der Waals surface area contributed by atoms with E-state index >= 15 is 0 Å². The Morgan fingerprint density at radius 3 is 2.45 bits per heavy atom. The molecule has 10 atom stereocenters. The van der Waals surface area contributed by atoms with Crippen molar-refractivity contribution in [3.8, 4) is 0 Å². The lowest BCUT2D eigenvalue weighted by molar-refractivity contribution is -0.184. The normalized spacial score (nSPS) is 53.3. The molecule has 1 unspecified atom stereocenters. The Labute approximate surface area is 177 Å². The second-order valence-corrected chi connectivity index (χ2v) is 12.4. The van der Waals surface area contributed by atoms with Gasteiger partial charge in [-0.15, -0.1) is 0 Å². The second-order valence-electron chi connectivity index (χ2n) is 12.4. The van der Waals surface area contributed by atoms with E-state index < -0.39 is 0 Å². The molecular formula is C27H42O2. The minimum Gasteiger partial charge on any atom is -0.367 e. The van der Waals surface area contributed by atoms with Crippen molar-refractivity contribution >= 4 is 5.78 Å². The maximum absolute atomic E-state index is 13.2. The van der Waals surface area contributed by atoms with Crippen LogP contribution < -0.4 is 0 Å². The summed E-state index contributed by atoms with van der Waals surface area (Å²) in [4.78, 5) is 13.2. The van der Waals surface area contributed by atoms with Gasteiger partial charge >= 0.3 is 0 Å². The van der Waals surface area contributed by atoms with Crippen molar-refractivity contribution in [1.82, 2.24) is 0 Å². The lowest BCUT2D eigenvalue weighted by atomic mass is 9.46. The molecule has 2 heteroatoms. The van der Waals surface area contributed by atoms with Gasteiger partial charge in [0.15, 0.2) is 5.78 Å². The van der Waals surface area contributed by atoms with Crippen LogP contribution in [-0.4, -0.2) is 18.0 Å². The van der Waals surface area contributed by atoms with Crippen molar-refractivity contribution in [3.63, 3.8) is 0 Å². The summed E-state index contributed by atoms with van der Waals surface area (Å²) >= 11 is 0. The maximum atomic E-state index is 13.2. The van der Waals surface area contributed by atoms with Crippen LogP contribution in [0.1, 0.15) is 96.8 Å². The molecule has 0 amide bonds. The number of hydrogen-bond acceptors (Lipinski definition) is 2. The zero-order valence-electron chi connectivity index (χ0n) is 18.6. The Balaban J connectivity index is 1.14. The van der Waals surface area contributed by atoms with Gasteiger partial charge in [-0.2, -0.15) is 0 Å². The average molecular weight is 399 g/mol. The van der Waals surface area contributed by atoms with Crippen molar-refractivity contribution in [1.29, 1.82) is 0 Å². The molecule has 29 heavy (non-hydrogen) atoms. The van der Waals surface area contributed by atoms with Gasteiger partial charge in [0.25, 0.3) is 0 Å². The van der Waals surface area contributed by atoms with Gasteiger partial charge in [0.05, 0.1) is 5.60 Å². The number of hydrogen-bond donors (Lipinski definition) is 0. The van der Waals surface area contributed by atoms with Crippen LogP contribution in [0.2, 0.25) is 0 Å². The third-order valence-corrected chi connectivity index (χ3v) is 11.2. The molecular weight excluding hydrogens is 356 g/mol. The summed E-state index contributed by atoms with van der Waals surface area (Å²) in [6.45, 7) is 2.81. The highest BCUT2D eigenvalue weighted by Gasteiger charge is 2.56. The van der Waals surface area contributed by atoms with Gasteiger partial charge in [0.2, 0.25) is 0 Å². The average Bonchev–Trinajstić information content (AvgIpc) is 2.75. The quantitative estimate of drug-likeness (QED) is 0.511. The molecule has 0 aromatic heterocycles. The molecule has 162 valence electrons. The van der Waals surface area contributed by atoms with Crippen LogP contribution in [-0.2, 0) is 9.53 Å². The fourth-order valence-electron chi connectivity index (χ4n) is 9.74. The van der Waals surface area contributed by atoms with Gasteiger partial charge in [-0.25, -0.2) is 0 Å². The third kappa shape index (κ3) is 3.26. The van der Waals surface area contributed by atoms with Gasteiger partial charge in [0.1, 0.15) is 6.61 Å². The summed E-state index contributed by atoms with van der Waals surface area (Å²) in [5.74, 6) is 7.98. The zero-order valence-corrected chi connectivity index (χ0v) is 18.6. The predicted molar refractivity (Wildman–Crippen MR) is 115 cm³/mol. The van der Waals surface area contributed by atoms with E-state index in [1.807, 2.05) is 0 Å². The zero-order chi connectivity index (χ0) is 19.6. The standard InChI is InChI=1S/C27H42O2/c1-27(29-16-26(28)22-9-8-17-4-2-5-18(22)12-17)11-10-21-14-25(27)24-15-23(21)19-6-3-7-20(24)13-19/h17-25H,2-16H2,1H3/t17-,18-,19+,20-,21-,22?,23-,24+,25+,27-/m1/s1. The smallest absolute Gasteiger partial charge is 0.161 e. The van der Waals surface area contributed by atoms with Crippen LogP contribution in [0.5, 0.6) is 0 Å². The molecule has 0 aromatic carbocycles. The summed E-state index contributed by atoms with van der Waals surface area (Å²) in [6.07, 6.45) is 19.3. The van der Waals surface area contributed by atoms with E-state index in [0.717, 1.165) is 47.8 Å². The van der Waals surface area contributed by atoms with Crippen LogP contribution in [0.25, 0.3) is 0 Å². The Morgan fingerprint density at radius 2 is 1.55 bits per heavy atom. The highest BCUT2D eigenvalue weighted by molar-refractivity contribution is 5.82. The molecule has 0 radical (unpaired) electrons. The summed E-state index contributed by atoms with van der Waals surface area (Å²) in [5, 5.41) is 0. The molecule has 6 rings (SSSR count). The molecule has 0 aromatic rings. The first kappa shape index (κ1) is 19.3. The fourth-order valence-corrected chi connectivity index (χ4v) is 9.74. The van der Waals surface area contributed by atoms with Crippen LogP contribution in [0.15, 0.2) is 0 Å². The minimum absolute atomic E-state index is 0.0319. The molecule has 0 N–H and O–H groups in total. The number of rotatable bonds is 4. The predicted octanol–water partition coefficient (Wildman–Crippen LogP) is 6.42. The molecule has 0 heterocycles. The van der Waals surface area contributed by atoms with Gasteiger partial charge < -0.3 is 4.74 Å². The van der Waals surface area contributed by atoms with Crippen LogP contribution in [0.4, 0.5) is 0 Å². The number of Topliss-reactive ketones (excluding diaryl/α,β-unsaturated/α-hetero) is 1. The lowest BCUT2D eigenvalue weighted by Crippen LogP contribution is -2.57. The molecule has 6 fully saturated rings. The number of carbonyl (C=O) groups is 1. The van der Waals surface area contributed by atoms with Crippen LogP contribution in [0.3, 0.4) is 0 Å². The monoisotopic (exact) mass is 398 g/mol. The van der Waals surface area contributed by atoms with Crippen molar-refractivity contribution < 1.29 is 9.53 Å². The summed E-state index contributed by atoms with van der Waals surface area (Å²) in [7, 11) is 0. The molecule has 6 aliphatic rings. The van der Waals surface area contributed by atoms with E-state index in [4.69, 9.17) is 4.74 Å². The molecule has 0 aliphatic heterocycles. The number of fused-ring (bicyclic) bond motifs is 12. The van der Waals surface area contributed by atoms with Gasteiger partial charge in [-0.1, -0.05) is 32.1 Å². The van der Waals surface area contributed by atoms with E-state index in [0.29, 0.717) is 24.2 Å². The highest BCUT2D eigenvalue weighted by Crippen LogP contribution is 2.62. The minimum atomic E-state index is -0.0319. The fraction of sp³-hybridized carbons (Fsp3) is 0.963. The molecule has 0 spiro atoms. The molecule has 6 aliphatic carbocycles. The number of ether oxygens (including phenoxy) is 1. The number of carbonyl (C=O) groups excluding carboxylic acids is 1. The summed E-state index contributed by atoms with van der Waals surface area (Å²) < 4.78 is 6.69. The van der Waals surface area contributed by atoms with E-state index in [1.54, 1.807) is 0 Å². The largest absolute Gasteiger partial charge is 0.367 e. The van der Waals surface area contributed by atoms with Gasteiger partial charge in [0, 0.05) is 5.92 Å². The molecule has 2 nitrogen and oxygen atoms in total. The Hall–Kier alpha value is -0.370. The summed E-state index contributed by atoms with van der Waals surface area (Å²) in [6, 6.07) is 0. The number of ketones is 1. The van der Waals surface area contributed by atoms with Crippen LogP contribution in [0, 0.1) is 53.3 Å². The van der Waals surface area contributed by atoms with Crippen molar-refractivity contribution in [2.24, 2.45) is 53.3 Å². The van der Waals surface area contributed by atoms with E-state index in [2.05, 4.69) is 6.92 Å².